The first-order chi connectivity index (χ1) is 11.6. The zero-order valence-electron chi connectivity index (χ0n) is 13.2. The number of amides is 2. The number of rotatable bonds is 4. The number of nitrogens with one attached hydrogen (secondary N) is 2. The van der Waals surface area contributed by atoms with Gasteiger partial charge in [0.05, 0.1) is 17.8 Å². The van der Waals surface area contributed by atoms with Crippen LogP contribution in [-0.2, 0) is 12.1 Å². The van der Waals surface area contributed by atoms with Crippen LogP contribution >= 0.6 is 0 Å². The van der Waals surface area contributed by atoms with E-state index in [1.807, 2.05) is 12.1 Å². The largest absolute Gasteiger partial charge is 0.332 e. The van der Waals surface area contributed by atoms with E-state index in [1.54, 1.807) is 12.3 Å². The standard InChI is InChI=1S/C18H19F2N3O/c19-13-6-7-15(16(20)11-13)18(8-2-3-9-18)23-17(24)22-12-14-5-1-4-10-21-14/h1,4-7,10-11H,2-3,8-9,12H2,(H2,22,23,24). The number of urea groups is 1. The van der Waals surface area contributed by atoms with Gasteiger partial charge >= 0.3 is 6.03 Å². The molecule has 1 aromatic carbocycles. The summed E-state index contributed by atoms with van der Waals surface area (Å²) in [6, 6.07) is 8.59. The molecule has 0 atom stereocenters. The van der Waals surface area contributed by atoms with Crippen molar-refractivity contribution >= 4 is 6.03 Å². The summed E-state index contributed by atoms with van der Waals surface area (Å²) in [6.07, 6.45) is 4.69. The second-order valence-corrected chi connectivity index (χ2v) is 6.04. The van der Waals surface area contributed by atoms with Gasteiger partial charge in [-0.15, -0.1) is 0 Å². The number of pyridine rings is 1. The van der Waals surface area contributed by atoms with Crippen LogP contribution in [0, 0.1) is 11.6 Å². The number of carbonyl (C=O) groups excluding carboxylic acids is 1. The summed E-state index contributed by atoms with van der Waals surface area (Å²) >= 11 is 0. The number of hydrogen-bond acceptors (Lipinski definition) is 2. The predicted octanol–water partition coefficient (Wildman–Crippen LogP) is 3.63. The number of halogens is 2. The van der Waals surface area contributed by atoms with E-state index in [1.165, 1.54) is 12.1 Å². The molecule has 1 aliphatic rings. The van der Waals surface area contributed by atoms with Crippen LogP contribution in [0.25, 0.3) is 0 Å². The van der Waals surface area contributed by atoms with Gasteiger partial charge in [0.1, 0.15) is 11.6 Å². The van der Waals surface area contributed by atoms with Gasteiger partial charge in [-0.1, -0.05) is 25.0 Å². The van der Waals surface area contributed by atoms with Crippen LogP contribution in [-0.4, -0.2) is 11.0 Å². The third kappa shape index (κ3) is 3.53. The van der Waals surface area contributed by atoms with E-state index in [-0.39, 0.29) is 12.6 Å². The summed E-state index contributed by atoms with van der Waals surface area (Å²) in [5, 5.41) is 5.64. The molecule has 0 radical (unpaired) electrons. The average Bonchev–Trinajstić information content (AvgIpc) is 3.03. The fourth-order valence-corrected chi connectivity index (χ4v) is 3.25. The Morgan fingerprint density at radius 3 is 2.62 bits per heavy atom. The Morgan fingerprint density at radius 1 is 1.17 bits per heavy atom. The molecule has 6 heteroatoms. The molecule has 24 heavy (non-hydrogen) atoms. The first kappa shape index (κ1) is 16.4. The second kappa shape index (κ2) is 6.95. The Kier molecular flexibility index (Phi) is 4.74. The Bertz CT molecular complexity index is 715. The quantitative estimate of drug-likeness (QED) is 0.899. The zero-order valence-corrected chi connectivity index (χ0v) is 13.2. The van der Waals surface area contributed by atoms with E-state index in [0.717, 1.165) is 24.6 Å². The van der Waals surface area contributed by atoms with E-state index < -0.39 is 17.2 Å². The summed E-state index contributed by atoms with van der Waals surface area (Å²) < 4.78 is 27.4. The van der Waals surface area contributed by atoms with Crippen molar-refractivity contribution in [2.75, 3.05) is 0 Å². The molecular weight excluding hydrogens is 312 g/mol. The van der Waals surface area contributed by atoms with Crippen LogP contribution in [0.1, 0.15) is 36.9 Å². The molecular formula is C18H19F2N3O. The lowest BCUT2D eigenvalue weighted by atomic mass is 9.87. The highest BCUT2D eigenvalue weighted by Crippen LogP contribution is 2.39. The summed E-state index contributed by atoms with van der Waals surface area (Å²) in [7, 11) is 0. The van der Waals surface area contributed by atoms with Crippen molar-refractivity contribution in [2.24, 2.45) is 0 Å². The Morgan fingerprint density at radius 2 is 1.96 bits per heavy atom. The second-order valence-electron chi connectivity index (χ2n) is 6.04. The van der Waals surface area contributed by atoms with Gasteiger partial charge in [0, 0.05) is 17.8 Å². The van der Waals surface area contributed by atoms with Gasteiger partial charge in [-0.2, -0.15) is 0 Å². The fraction of sp³-hybridized carbons (Fsp3) is 0.333. The average molecular weight is 331 g/mol. The zero-order chi connectivity index (χ0) is 17.0. The van der Waals surface area contributed by atoms with Gasteiger partial charge < -0.3 is 10.6 Å². The molecule has 3 rings (SSSR count). The van der Waals surface area contributed by atoms with Crippen LogP contribution < -0.4 is 10.6 Å². The lowest BCUT2D eigenvalue weighted by Crippen LogP contribution is -2.48. The highest BCUT2D eigenvalue weighted by atomic mass is 19.1. The molecule has 2 N–H and O–H groups in total. The predicted molar refractivity (Wildman–Crippen MR) is 86.1 cm³/mol. The van der Waals surface area contributed by atoms with Crippen molar-refractivity contribution in [3.63, 3.8) is 0 Å². The molecule has 126 valence electrons. The number of carbonyl (C=O) groups is 1. The molecule has 2 amide bonds. The van der Waals surface area contributed by atoms with Crippen molar-refractivity contribution in [1.82, 2.24) is 15.6 Å². The Hall–Kier alpha value is -2.50. The summed E-state index contributed by atoms with van der Waals surface area (Å²) in [5.41, 5.74) is 0.293. The number of aromatic nitrogens is 1. The topological polar surface area (TPSA) is 54.0 Å². The van der Waals surface area contributed by atoms with Gasteiger partial charge in [0.2, 0.25) is 0 Å². The van der Waals surface area contributed by atoms with E-state index in [4.69, 9.17) is 0 Å². The highest BCUT2D eigenvalue weighted by Gasteiger charge is 2.39. The molecule has 1 saturated carbocycles. The van der Waals surface area contributed by atoms with E-state index >= 15 is 0 Å². The van der Waals surface area contributed by atoms with Gasteiger partial charge in [-0.25, -0.2) is 13.6 Å². The van der Waals surface area contributed by atoms with Crippen molar-refractivity contribution in [3.05, 3.63) is 65.5 Å². The van der Waals surface area contributed by atoms with Gasteiger partial charge in [0.15, 0.2) is 0 Å². The number of hydrogen-bond donors (Lipinski definition) is 2. The minimum atomic E-state index is -0.786. The molecule has 1 aromatic heterocycles. The molecule has 0 bridgehead atoms. The molecule has 0 saturated heterocycles. The molecule has 4 nitrogen and oxygen atoms in total. The molecule has 0 aliphatic heterocycles. The third-order valence-electron chi connectivity index (χ3n) is 4.41. The monoisotopic (exact) mass is 331 g/mol. The normalized spacial score (nSPS) is 15.9. The highest BCUT2D eigenvalue weighted by molar-refractivity contribution is 5.75. The van der Waals surface area contributed by atoms with E-state index in [0.29, 0.717) is 18.4 Å². The number of nitrogens with zero attached hydrogens (tertiary/aromatic N) is 1. The van der Waals surface area contributed by atoms with Crippen LogP contribution in [0.4, 0.5) is 13.6 Å². The van der Waals surface area contributed by atoms with E-state index in [9.17, 15) is 13.6 Å². The number of benzene rings is 1. The molecule has 1 heterocycles. The SMILES string of the molecule is O=C(NCc1ccccn1)NC1(c2ccc(F)cc2F)CCCC1. The Balaban J connectivity index is 1.72. The fourth-order valence-electron chi connectivity index (χ4n) is 3.25. The van der Waals surface area contributed by atoms with Crippen molar-refractivity contribution in [2.45, 2.75) is 37.8 Å². The van der Waals surface area contributed by atoms with Crippen LogP contribution in [0.3, 0.4) is 0 Å². The maximum Gasteiger partial charge on any atom is 0.315 e. The van der Waals surface area contributed by atoms with Crippen LogP contribution in [0.2, 0.25) is 0 Å². The van der Waals surface area contributed by atoms with Gasteiger partial charge in [-0.3, -0.25) is 4.98 Å². The lowest BCUT2D eigenvalue weighted by Gasteiger charge is -2.31. The summed E-state index contributed by atoms with van der Waals surface area (Å²) in [5.74, 6) is -1.24. The summed E-state index contributed by atoms with van der Waals surface area (Å²) in [6.45, 7) is 0.286. The molecule has 1 fully saturated rings. The lowest BCUT2D eigenvalue weighted by molar-refractivity contribution is 0.223. The third-order valence-corrected chi connectivity index (χ3v) is 4.41. The first-order valence-electron chi connectivity index (χ1n) is 8.00. The minimum absolute atomic E-state index is 0.286. The van der Waals surface area contributed by atoms with Gasteiger partial charge in [0.25, 0.3) is 0 Å². The summed E-state index contributed by atoms with van der Waals surface area (Å²) in [4.78, 5) is 16.4. The van der Waals surface area contributed by atoms with Crippen molar-refractivity contribution < 1.29 is 13.6 Å². The molecule has 2 aromatic rings. The van der Waals surface area contributed by atoms with Crippen LogP contribution in [0.15, 0.2) is 42.6 Å². The van der Waals surface area contributed by atoms with Crippen LogP contribution in [0.5, 0.6) is 0 Å². The first-order valence-corrected chi connectivity index (χ1v) is 8.00. The maximum atomic E-state index is 14.2. The van der Waals surface area contributed by atoms with E-state index in [2.05, 4.69) is 15.6 Å². The molecule has 1 aliphatic carbocycles. The maximum absolute atomic E-state index is 14.2. The van der Waals surface area contributed by atoms with Crippen molar-refractivity contribution in [3.8, 4) is 0 Å². The van der Waals surface area contributed by atoms with Gasteiger partial charge in [-0.05, 0) is 31.0 Å². The Labute approximate surface area is 139 Å². The molecule has 0 unspecified atom stereocenters. The van der Waals surface area contributed by atoms with Crippen molar-refractivity contribution in [1.29, 1.82) is 0 Å². The smallest absolute Gasteiger partial charge is 0.315 e. The molecule has 0 spiro atoms. The minimum Gasteiger partial charge on any atom is -0.332 e.